The molecule has 3 aromatic rings. The van der Waals surface area contributed by atoms with Crippen LogP contribution < -0.4 is 14.8 Å². The second kappa shape index (κ2) is 9.03. The molecule has 0 bridgehead atoms. The van der Waals surface area contributed by atoms with Crippen LogP contribution in [0.2, 0.25) is 0 Å². The number of hydrogen-bond acceptors (Lipinski definition) is 4. The Labute approximate surface area is 159 Å². The zero-order chi connectivity index (χ0) is 19.1. The van der Waals surface area contributed by atoms with Crippen molar-refractivity contribution in [3.63, 3.8) is 0 Å². The maximum absolute atomic E-state index is 12.1. The lowest BCUT2D eigenvalue weighted by Crippen LogP contribution is -2.37. The maximum Gasteiger partial charge on any atom is 0.260 e. The first-order valence-corrected chi connectivity index (χ1v) is 9.11. The van der Waals surface area contributed by atoms with Crippen molar-refractivity contribution in [2.45, 2.75) is 26.4 Å². The number of carbonyl (C=O) groups excluding carboxylic acids is 1. The number of carbonyl (C=O) groups is 1. The molecule has 2 aromatic carbocycles. The molecule has 27 heavy (non-hydrogen) atoms. The Hall–Kier alpha value is -3.08. The van der Waals surface area contributed by atoms with Crippen LogP contribution in [0.25, 0.3) is 10.9 Å². The van der Waals surface area contributed by atoms with Crippen molar-refractivity contribution in [2.24, 2.45) is 0 Å². The minimum absolute atomic E-state index is 0.137. The molecule has 0 saturated heterocycles. The summed E-state index contributed by atoms with van der Waals surface area (Å²) < 4.78 is 11.5. The standard InChI is InChI=1S/C22H24N2O3/c1-16-9-11-19(12-10-16)27-17(2)22(25)24-14-5-15-26-20-8-3-6-18-7-4-13-23-21(18)20/h3-4,6-13,17H,5,14-15H2,1-2H3,(H,24,25). The fourth-order valence-corrected chi connectivity index (χ4v) is 2.68. The molecular weight excluding hydrogens is 340 g/mol. The van der Waals surface area contributed by atoms with E-state index in [1.54, 1.807) is 13.1 Å². The molecule has 1 amide bonds. The van der Waals surface area contributed by atoms with Gasteiger partial charge in [0, 0.05) is 18.1 Å². The summed E-state index contributed by atoms with van der Waals surface area (Å²) in [6, 6.07) is 17.4. The molecule has 0 radical (unpaired) electrons. The van der Waals surface area contributed by atoms with E-state index >= 15 is 0 Å². The van der Waals surface area contributed by atoms with Crippen molar-refractivity contribution in [1.82, 2.24) is 10.3 Å². The number of aromatic nitrogens is 1. The van der Waals surface area contributed by atoms with Crippen molar-refractivity contribution < 1.29 is 14.3 Å². The lowest BCUT2D eigenvalue weighted by atomic mass is 10.2. The highest BCUT2D eigenvalue weighted by Crippen LogP contribution is 2.22. The van der Waals surface area contributed by atoms with E-state index in [-0.39, 0.29) is 5.91 Å². The van der Waals surface area contributed by atoms with Crippen molar-refractivity contribution in [1.29, 1.82) is 0 Å². The first kappa shape index (κ1) is 18.7. The van der Waals surface area contributed by atoms with Crippen molar-refractivity contribution >= 4 is 16.8 Å². The normalized spacial score (nSPS) is 11.8. The van der Waals surface area contributed by atoms with Crippen LogP contribution in [0.15, 0.2) is 60.8 Å². The van der Waals surface area contributed by atoms with E-state index in [1.165, 1.54) is 0 Å². The Morgan fingerprint density at radius 1 is 1.11 bits per heavy atom. The maximum atomic E-state index is 12.1. The molecule has 0 aliphatic rings. The molecular formula is C22H24N2O3. The Morgan fingerprint density at radius 2 is 1.89 bits per heavy atom. The number of fused-ring (bicyclic) bond motifs is 1. The van der Waals surface area contributed by atoms with E-state index in [4.69, 9.17) is 9.47 Å². The molecule has 5 heteroatoms. The average Bonchev–Trinajstić information content (AvgIpc) is 2.69. The third-order valence-corrected chi connectivity index (χ3v) is 4.18. The fraction of sp³-hybridized carbons (Fsp3) is 0.273. The highest BCUT2D eigenvalue weighted by Gasteiger charge is 2.13. The van der Waals surface area contributed by atoms with E-state index in [0.29, 0.717) is 25.3 Å². The van der Waals surface area contributed by atoms with Crippen molar-refractivity contribution in [3.8, 4) is 11.5 Å². The molecule has 1 unspecified atom stereocenters. The lowest BCUT2D eigenvalue weighted by Gasteiger charge is -2.15. The molecule has 0 fully saturated rings. The van der Waals surface area contributed by atoms with Gasteiger partial charge in [0.05, 0.1) is 6.61 Å². The number of nitrogens with zero attached hydrogens (tertiary/aromatic N) is 1. The van der Waals surface area contributed by atoms with Gasteiger partial charge in [0.15, 0.2) is 6.10 Å². The largest absolute Gasteiger partial charge is 0.491 e. The molecule has 0 aliphatic heterocycles. The molecule has 3 rings (SSSR count). The SMILES string of the molecule is Cc1ccc(OC(C)C(=O)NCCCOc2cccc3cccnc23)cc1. The van der Waals surface area contributed by atoms with Crippen LogP contribution in [0, 0.1) is 6.92 Å². The Kier molecular flexibility index (Phi) is 6.26. The smallest absolute Gasteiger partial charge is 0.260 e. The number of amides is 1. The number of aryl methyl sites for hydroxylation is 1. The molecule has 0 aliphatic carbocycles. The number of para-hydroxylation sites is 1. The Bertz CT molecular complexity index is 888. The first-order valence-electron chi connectivity index (χ1n) is 9.11. The third-order valence-electron chi connectivity index (χ3n) is 4.18. The molecule has 0 spiro atoms. The van der Waals surface area contributed by atoms with Crippen LogP contribution in [0.5, 0.6) is 11.5 Å². The van der Waals surface area contributed by atoms with Crippen LogP contribution in [0.3, 0.4) is 0 Å². The summed E-state index contributed by atoms with van der Waals surface area (Å²) in [6.07, 6.45) is 1.91. The predicted octanol–water partition coefficient (Wildman–Crippen LogP) is 3.90. The molecule has 1 atom stereocenters. The average molecular weight is 364 g/mol. The topological polar surface area (TPSA) is 60.5 Å². The van der Waals surface area contributed by atoms with Gasteiger partial charge in [-0.3, -0.25) is 9.78 Å². The summed E-state index contributed by atoms with van der Waals surface area (Å²) in [4.78, 5) is 16.5. The second-order valence-electron chi connectivity index (χ2n) is 6.40. The van der Waals surface area contributed by atoms with Gasteiger partial charge in [-0.1, -0.05) is 35.9 Å². The van der Waals surface area contributed by atoms with Gasteiger partial charge in [0.1, 0.15) is 17.0 Å². The van der Waals surface area contributed by atoms with E-state index in [2.05, 4.69) is 10.3 Å². The van der Waals surface area contributed by atoms with E-state index in [0.717, 1.165) is 22.2 Å². The highest BCUT2D eigenvalue weighted by atomic mass is 16.5. The second-order valence-corrected chi connectivity index (χ2v) is 6.40. The summed E-state index contributed by atoms with van der Waals surface area (Å²) in [5.41, 5.74) is 2.00. The van der Waals surface area contributed by atoms with Gasteiger partial charge in [-0.15, -0.1) is 0 Å². The number of ether oxygens (including phenoxy) is 2. The van der Waals surface area contributed by atoms with Gasteiger partial charge in [-0.2, -0.15) is 0 Å². The number of benzene rings is 2. The van der Waals surface area contributed by atoms with Gasteiger partial charge >= 0.3 is 0 Å². The summed E-state index contributed by atoms with van der Waals surface area (Å²) in [5.74, 6) is 1.31. The van der Waals surface area contributed by atoms with E-state index in [9.17, 15) is 4.79 Å². The van der Waals surface area contributed by atoms with E-state index < -0.39 is 6.10 Å². The Morgan fingerprint density at radius 3 is 2.70 bits per heavy atom. The zero-order valence-electron chi connectivity index (χ0n) is 15.6. The number of nitrogens with one attached hydrogen (secondary N) is 1. The van der Waals surface area contributed by atoms with Gasteiger partial charge < -0.3 is 14.8 Å². The van der Waals surface area contributed by atoms with Crippen LogP contribution in [0.4, 0.5) is 0 Å². The molecule has 0 saturated carbocycles. The van der Waals surface area contributed by atoms with Crippen LogP contribution in [-0.2, 0) is 4.79 Å². The number of hydrogen-bond donors (Lipinski definition) is 1. The van der Waals surface area contributed by atoms with Crippen LogP contribution in [0.1, 0.15) is 18.9 Å². The Balaban J connectivity index is 1.40. The summed E-state index contributed by atoms with van der Waals surface area (Å²) in [5, 5.41) is 3.92. The minimum Gasteiger partial charge on any atom is -0.491 e. The third kappa shape index (κ3) is 5.20. The molecule has 1 N–H and O–H groups in total. The van der Waals surface area contributed by atoms with Crippen molar-refractivity contribution in [3.05, 3.63) is 66.4 Å². The predicted molar refractivity (Wildman–Crippen MR) is 106 cm³/mol. The fourth-order valence-electron chi connectivity index (χ4n) is 2.68. The van der Waals surface area contributed by atoms with Crippen LogP contribution in [-0.4, -0.2) is 30.1 Å². The minimum atomic E-state index is -0.545. The molecule has 5 nitrogen and oxygen atoms in total. The van der Waals surface area contributed by atoms with Gasteiger partial charge in [-0.25, -0.2) is 0 Å². The molecule has 140 valence electrons. The highest BCUT2D eigenvalue weighted by molar-refractivity contribution is 5.84. The summed E-state index contributed by atoms with van der Waals surface area (Å²) in [6.45, 7) is 4.78. The summed E-state index contributed by atoms with van der Waals surface area (Å²) in [7, 11) is 0. The zero-order valence-corrected chi connectivity index (χ0v) is 15.6. The van der Waals surface area contributed by atoms with Crippen LogP contribution >= 0.6 is 0 Å². The first-order chi connectivity index (χ1) is 13.1. The molecule has 1 aromatic heterocycles. The van der Waals surface area contributed by atoms with Gasteiger partial charge in [0.25, 0.3) is 5.91 Å². The quantitative estimate of drug-likeness (QED) is 0.616. The van der Waals surface area contributed by atoms with Gasteiger partial charge in [-0.05, 0) is 44.5 Å². The number of rotatable bonds is 8. The monoisotopic (exact) mass is 364 g/mol. The lowest BCUT2D eigenvalue weighted by molar-refractivity contribution is -0.127. The van der Waals surface area contributed by atoms with Gasteiger partial charge in [0.2, 0.25) is 0 Å². The van der Waals surface area contributed by atoms with Crippen molar-refractivity contribution in [2.75, 3.05) is 13.2 Å². The summed E-state index contributed by atoms with van der Waals surface area (Å²) >= 11 is 0. The number of pyridine rings is 1. The van der Waals surface area contributed by atoms with E-state index in [1.807, 2.05) is 61.5 Å². The molecule has 1 heterocycles.